The minimum absolute atomic E-state index is 0.0153. The van der Waals surface area contributed by atoms with Crippen molar-refractivity contribution >= 4 is 62.3 Å². The molecule has 0 heterocycles. The van der Waals surface area contributed by atoms with E-state index < -0.39 is 28.5 Å². The Morgan fingerprint density at radius 3 is 2.18 bits per heavy atom. The van der Waals surface area contributed by atoms with Crippen molar-refractivity contribution in [3.63, 3.8) is 0 Å². The molecule has 0 spiro atoms. The van der Waals surface area contributed by atoms with Crippen LogP contribution in [0.25, 0.3) is 0 Å². The van der Waals surface area contributed by atoms with E-state index in [1.165, 1.54) is 30.1 Å². The van der Waals surface area contributed by atoms with E-state index in [0.29, 0.717) is 27.1 Å². The summed E-state index contributed by atoms with van der Waals surface area (Å²) in [5.41, 5.74) is 1.66. The number of hydrogen-bond donors (Lipinski definition) is 1. The van der Waals surface area contributed by atoms with E-state index in [-0.39, 0.29) is 23.0 Å². The Balaban J connectivity index is 2.08. The first kappa shape index (κ1) is 29.8. The number of likely N-dealkylation sites (N-methyl/N-ethyl adjacent to an activating group) is 1. The molecule has 0 aliphatic carbocycles. The zero-order chi connectivity index (χ0) is 28.0. The Hall–Kier alpha value is -2.78. The van der Waals surface area contributed by atoms with E-state index in [1.54, 1.807) is 55.5 Å². The highest BCUT2D eigenvalue weighted by molar-refractivity contribution is 7.92. The number of sulfonamides is 1. The summed E-state index contributed by atoms with van der Waals surface area (Å²) in [7, 11) is -2.70. The molecular weight excluding hydrogens is 569 g/mol. The first-order valence-electron chi connectivity index (χ1n) is 11.8. The van der Waals surface area contributed by atoms with Gasteiger partial charge in [0.25, 0.3) is 10.0 Å². The molecule has 1 N–H and O–H groups in total. The van der Waals surface area contributed by atoms with Crippen molar-refractivity contribution in [2.75, 3.05) is 17.9 Å². The van der Waals surface area contributed by atoms with Crippen LogP contribution >= 0.6 is 34.8 Å². The van der Waals surface area contributed by atoms with Crippen LogP contribution in [0.5, 0.6) is 0 Å². The number of nitrogens with one attached hydrogen (secondary N) is 1. The van der Waals surface area contributed by atoms with Gasteiger partial charge in [0.2, 0.25) is 11.8 Å². The minimum atomic E-state index is -4.18. The molecule has 0 fully saturated rings. The average molecular weight is 597 g/mol. The fourth-order valence-corrected chi connectivity index (χ4v) is 5.98. The van der Waals surface area contributed by atoms with E-state index in [4.69, 9.17) is 34.8 Å². The third-order valence-electron chi connectivity index (χ3n) is 5.97. The lowest BCUT2D eigenvalue weighted by molar-refractivity contribution is -0.140. The molecule has 202 valence electrons. The molecule has 0 aliphatic rings. The number of carbonyl (C=O) groups excluding carboxylic acids is 2. The first-order chi connectivity index (χ1) is 18.0. The highest BCUT2D eigenvalue weighted by Crippen LogP contribution is 2.28. The molecule has 0 saturated carbocycles. The smallest absolute Gasteiger partial charge is 0.264 e. The predicted octanol–water partition coefficient (Wildman–Crippen LogP) is 5.70. The number of hydrogen-bond acceptors (Lipinski definition) is 4. The number of benzene rings is 3. The summed E-state index contributed by atoms with van der Waals surface area (Å²) in [6, 6.07) is 16.5. The first-order valence-corrected chi connectivity index (χ1v) is 14.3. The van der Waals surface area contributed by atoms with Crippen LogP contribution < -0.4 is 9.62 Å². The standard InChI is InChI=1S/C27H28Cl3N3O4S/c1-4-25(27(35)31-3)32(16-19-10-11-21(29)15-24(19)30)26(34)17-33(22-7-5-6-20(28)14-22)38(36,37)23-12-8-18(2)9-13-23/h5-15,25H,4,16-17H2,1-3H3,(H,31,35). The summed E-state index contributed by atoms with van der Waals surface area (Å²) in [5.74, 6) is -0.983. The van der Waals surface area contributed by atoms with E-state index >= 15 is 0 Å². The topological polar surface area (TPSA) is 86.8 Å². The number of amides is 2. The van der Waals surface area contributed by atoms with Crippen molar-refractivity contribution in [2.45, 2.75) is 37.8 Å². The summed E-state index contributed by atoms with van der Waals surface area (Å²) in [4.78, 5) is 28.0. The van der Waals surface area contributed by atoms with Crippen LogP contribution in [-0.2, 0) is 26.2 Å². The summed E-state index contributed by atoms with van der Waals surface area (Å²) in [6.07, 6.45) is 0.290. The lowest BCUT2D eigenvalue weighted by Crippen LogP contribution is -2.51. The molecule has 2 amide bonds. The molecule has 7 nitrogen and oxygen atoms in total. The van der Waals surface area contributed by atoms with Gasteiger partial charge in [0.1, 0.15) is 12.6 Å². The number of anilines is 1. The van der Waals surface area contributed by atoms with Gasteiger partial charge < -0.3 is 10.2 Å². The number of aryl methyl sites for hydroxylation is 1. The number of nitrogens with zero attached hydrogens (tertiary/aromatic N) is 2. The van der Waals surface area contributed by atoms with Crippen LogP contribution in [0.15, 0.2) is 71.6 Å². The largest absolute Gasteiger partial charge is 0.357 e. The molecule has 3 aromatic rings. The lowest BCUT2D eigenvalue weighted by Gasteiger charge is -2.33. The Kier molecular flexibility index (Phi) is 10.1. The number of carbonyl (C=O) groups is 2. The molecule has 3 rings (SSSR count). The van der Waals surface area contributed by atoms with Crippen molar-refractivity contribution in [2.24, 2.45) is 0 Å². The van der Waals surface area contributed by atoms with Crippen molar-refractivity contribution in [3.05, 3.63) is 92.9 Å². The Morgan fingerprint density at radius 2 is 1.61 bits per heavy atom. The minimum Gasteiger partial charge on any atom is -0.357 e. The van der Waals surface area contributed by atoms with Crippen molar-refractivity contribution < 1.29 is 18.0 Å². The average Bonchev–Trinajstić information content (AvgIpc) is 2.88. The molecular formula is C27H28Cl3N3O4S. The summed E-state index contributed by atoms with van der Waals surface area (Å²) in [5, 5.41) is 3.63. The molecule has 0 radical (unpaired) electrons. The molecule has 3 aromatic carbocycles. The molecule has 11 heteroatoms. The molecule has 1 unspecified atom stereocenters. The fraction of sp³-hybridized carbons (Fsp3) is 0.259. The maximum Gasteiger partial charge on any atom is 0.264 e. The normalized spacial score (nSPS) is 12.1. The predicted molar refractivity (Wildman–Crippen MR) is 152 cm³/mol. The number of rotatable bonds is 10. The van der Waals surface area contributed by atoms with Gasteiger partial charge in [0, 0.05) is 28.7 Å². The maximum atomic E-state index is 13.9. The summed E-state index contributed by atoms with van der Waals surface area (Å²) in [6.45, 7) is 3.00. The van der Waals surface area contributed by atoms with Gasteiger partial charge >= 0.3 is 0 Å². The van der Waals surface area contributed by atoms with Gasteiger partial charge in [0.05, 0.1) is 10.6 Å². The van der Waals surface area contributed by atoms with Gasteiger partial charge in [0.15, 0.2) is 0 Å². The molecule has 38 heavy (non-hydrogen) atoms. The summed E-state index contributed by atoms with van der Waals surface area (Å²) < 4.78 is 28.6. The molecule has 0 aliphatic heterocycles. The monoisotopic (exact) mass is 595 g/mol. The van der Waals surface area contributed by atoms with Crippen molar-refractivity contribution in [1.82, 2.24) is 10.2 Å². The van der Waals surface area contributed by atoms with Gasteiger partial charge in [-0.2, -0.15) is 0 Å². The van der Waals surface area contributed by atoms with Gasteiger partial charge in [-0.3, -0.25) is 13.9 Å². The summed E-state index contributed by atoms with van der Waals surface area (Å²) >= 11 is 18.6. The zero-order valence-electron chi connectivity index (χ0n) is 21.1. The van der Waals surface area contributed by atoms with Gasteiger partial charge in [-0.05, 0) is 61.4 Å². The molecule has 0 saturated heterocycles. The van der Waals surface area contributed by atoms with Crippen LogP contribution in [0.1, 0.15) is 24.5 Å². The van der Waals surface area contributed by atoms with Gasteiger partial charge in [-0.25, -0.2) is 8.42 Å². The third kappa shape index (κ3) is 6.99. The van der Waals surface area contributed by atoms with Crippen LogP contribution in [0.3, 0.4) is 0 Å². The van der Waals surface area contributed by atoms with E-state index in [0.717, 1.165) is 9.87 Å². The van der Waals surface area contributed by atoms with Crippen LogP contribution in [0.4, 0.5) is 5.69 Å². The Bertz CT molecular complexity index is 1420. The van der Waals surface area contributed by atoms with E-state index in [1.807, 2.05) is 6.92 Å². The molecule has 0 bridgehead atoms. The second-order valence-electron chi connectivity index (χ2n) is 8.60. The Labute approximate surface area is 238 Å². The zero-order valence-corrected chi connectivity index (χ0v) is 24.2. The van der Waals surface area contributed by atoms with Gasteiger partial charge in [-0.1, -0.05) is 71.6 Å². The highest BCUT2D eigenvalue weighted by Gasteiger charge is 2.33. The maximum absolute atomic E-state index is 13.9. The van der Waals surface area contributed by atoms with E-state index in [9.17, 15) is 18.0 Å². The fourth-order valence-electron chi connectivity index (χ4n) is 3.92. The Morgan fingerprint density at radius 1 is 0.947 bits per heavy atom. The SMILES string of the molecule is CCC(C(=O)NC)N(Cc1ccc(Cl)cc1Cl)C(=O)CN(c1cccc(Cl)c1)S(=O)(=O)c1ccc(C)cc1. The number of halogens is 3. The van der Waals surface area contributed by atoms with E-state index in [2.05, 4.69) is 5.32 Å². The van der Waals surface area contributed by atoms with Crippen LogP contribution in [0, 0.1) is 6.92 Å². The molecule has 0 aromatic heterocycles. The van der Waals surface area contributed by atoms with Crippen molar-refractivity contribution in [3.8, 4) is 0 Å². The van der Waals surface area contributed by atoms with Gasteiger partial charge in [-0.15, -0.1) is 0 Å². The molecule has 1 atom stereocenters. The third-order valence-corrected chi connectivity index (χ3v) is 8.58. The second kappa shape index (κ2) is 12.8. The highest BCUT2D eigenvalue weighted by atomic mass is 35.5. The lowest BCUT2D eigenvalue weighted by atomic mass is 10.1. The second-order valence-corrected chi connectivity index (χ2v) is 11.7. The van der Waals surface area contributed by atoms with Crippen LogP contribution in [-0.4, -0.2) is 44.8 Å². The quantitative estimate of drug-likeness (QED) is 0.325. The van der Waals surface area contributed by atoms with Crippen molar-refractivity contribution in [1.29, 1.82) is 0 Å². The van der Waals surface area contributed by atoms with Crippen LogP contribution in [0.2, 0.25) is 15.1 Å².